The molecule has 0 N–H and O–H groups in total. The highest BCUT2D eigenvalue weighted by Crippen LogP contribution is 2.24. The normalized spacial score (nSPS) is 20.8. The van der Waals surface area contributed by atoms with Crippen molar-refractivity contribution in [2.75, 3.05) is 12.3 Å². The molecule has 19 heavy (non-hydrogen) atoms. The summed E-state index contributed by atoms with van der Waals surface area (Å²) in [5.41, 5.74) is 1.21. The van der Waals surface area contributed by atoms with Crippen molar-refractivity contribution in [3.05, 3.63) is 35.9 Å². The predicted octanol–water partition coefficient (Wildman–Crippen LogP) is 2.82. The van der Waals surface area contributed by atoms with E-state index in [-0.39, 0.29) is 11.8 Å². The smallest absolute Gasteiger partial charge is 0.212 e. The molecule has 0 radical (unpaired) electrons. The zero-order chi connectivity index (χ0) is 13.7. The Bertz CT molecular complexity index is 484. The minimum atomic E-state index is -3.06. The standard InChI is InChI=1S/C15H23NO2S/c1-2-15-11-6-12-16(15)19(17,18)13-7-10-14-8-4-3-5-9-14/h3-5,8-9,15H,2,6-7,10-13H2,1H3. The molecule has 1 heterocycles. The Kier molecular flexibility index (Phi) is 4.99. The van der Waals surface area contributed by atoms with Crippen LogP contribution in [0.25, 0.3) is 0 Å². The molecule has 1 atom stereocenters. The first-order chi connectivity index (χ1) is 9.13. The molecule has 1 aromatic carbocycles. The van der Waals surface area contributed by atoms with Crippen LogP contribution in [0.3, 0.4) is 0 Å². The summed E-state index contributed by atoms with van der Waals surface area (Å²) >= 11 is 0. The first-order valence-electron chi connectivity index (χ1n) is 7.17. The topological polar surface area (TPSA) is 37.4 Å². The molecule has 106 valence electrons. The summed E-state index contributed by atoms with van der Waals surface area (Å²) in [6.07, 6.45) is 4.51. The summed E-state index contributed by atoms with van der Waals surface area (Å²) in [6.45, 7) is 2.79. The first-order valence-corrected chi connectivity index (χ1v) is 8.78. The second-order valence-corrected chi connectivity index (χ2v) is 7.26. The van der Waals surface area contributed by atoms with Crippen molar-refractivity contribution in [1.82, 2.24) is 4.31 Å². The number of benzene rings is 1. The largest absolute Gasteiger partial charge is 0.214 e. The van der Waals surface area contributed by atoms with Crippen molar-refractivity contribution in [2.45, 2.75) is 45.1 Å². The Morgan fingerprint density at radius 3 is 2.68 bits per heavy atom. The average Bonchev–Trinajstić information content (AvgIpc) is 2.89. The van der Waals surface area contributed by atoms with Gasteiger partial charge in [0.2, 0.25) is 10.0 Å². The van der Waals surface area contributed by atoms with Crippen molar-refractivity contribution in [3.8, 4) is 0 Å². The molecule has 1 unspecified atom stereocenters. The summed E-state index contributed by atoms with van der Waals surface area (Å²) in [7, 11) is -3.06. The molecule has 1 aromatic rings. The number of hydrogen-bond donors (Lipinski definition) is 0. The molecule has 1 aliphatic rings. The third-order valence-electron chi connectivity index (χ3n) is 3.86. The fraction of sp³-hybridized carbons (Fsp3) is 0.600. The van der Waals surface area contributed by atoms with E-state index < -0.39 is 10.0 Å². The van der Waals surface area contributed by atoms with Crippen LogP contribution < -0.4 is 0 Å². The molecule has 4 heteroatoms. The van der Waals surface area contributed by atoms with Gasteiger partial charge >= 0.3 is 0 Å². The van der Waals surface area contributed by atoms with Gasteiger partial charge in [-0.05, 0) is 37.7 Å². The average molecular weight is 281 g/mol. The van der Waals surface area contributed by atoms with E-state index in [4.69, 9.17) is 0 Å². The van der Waals surface area contributed by atoms with Crippen molar-refractivity contribution >= 4 is 10.0 Å². The number of hydrogen-bond acceptors (Lipinski definition) is 2. The molecule has 0 amide bonds. The third-order valence-corrected chi connectivity index (χ3v) is 5.86. The maximum atomic E-state index is 12.3. The van der Waals surface area contributed by atoms with Gasteiger partial charge in [-0.1, -0.05) is 37.3 Å². The summed E-state index contributed by atoms with van der Waals surface area (Å²) < 4.78 is 26.4. The number of nitrogens with zero attached hydrogens (tertiary/aromatic N) is 1. The van der Waals surface area contributed by atoms with Gasteiger partial charge in [-0.15, -0.1) is 0 Å². The highest BCUT2D eigenvalue weighted by atomic mass is 32.2. The van der Waals surface area contributed by atoms with Gasteiger partial charge in [-0.2, -0.15) is 4.31 Å². The molecular weight excluding hydrogens is 258 g/mol. The summed E-state index contributed by atoms with van der Waals surface area (Å²) in [6, 6.07) is 10.3. The van der Waals surface area contributed by atoms with Gasteiger partial charge in [0, 0.05) is 12.6 Å². The summed E-state index contributed by atoms with van der Waals surface area (Å²) in [5, 5.41) is 0. The van der Waals surface area contributed by atoms with E-state index in [9.17, 15) is 8.42 Å². The third kappa shape index (κ3) is 3.80. The molecule has 1 fully saturated rings. The highest BCUT2D eigenvalue weighted by molar-refractivity contribution is 7.89. The lowest BCUT2D eigenvalue weighted by molar-refractivity contribution is 0.379. The Morgan fingerprint density at radius 1 is 1.26 bits per heavy atom. The molecule has 0 aliphatic carbocycles. The molecular formula is C15H23NO2S. The summed E-state index contributed by atoms with van der Waals surface area (Å²) in [4.78, 5) is 0. The van der Waals surface area contributed by atoms with Gasteiger partial charge in [0.15, 0.2) is 0 Å². The lowest BCUT2D eigenvalue weighted by Gasteiger charge is -2.22. The van der Waals surface area contributed by atoms with E-state index in [2.05, 4.69) is 19.1 Å². The molecule has 0 bridgehead atoms. The van der Waals surface area contributed by atoms with E-state index in [0.717, 1.165) is 25.7 Å². The Morgan fingerprint density at radius 2 is 2.00 bits per heavy atom. The molecule has 0 saturated carbocycles. The maximum absolute atomic E-state index is 12.3. The van der Waals surface area contributed by atoms with Crippen molar-refractivity contribution in [1.29, 1.82) is 0 Å². The van der Waals surface area contributed by atoms with Crippen LogP contribution in [0.5, 0.6) is 0 Å². The second kappa shape index (κ2) is 6.53. The zero-order valence-corrected chi connectivity index (χ0v) is 12.4. The van der Waals surface area contributed by atoms with Crippen LogP contribution >= 0.6 is 0 Å². The lowest BCUT2D eigenvalue weighted by Crippen LogP contribution is -2.36. The number of sulfonamides is 1. The molecule has 2 rings (SSSR count). The van der Waals surface area contributed by atoms with Crippen LogP contribution in [0.2, 0.25) is 0 Å². The van der Waals surface area contributed by atoms with E-state index in [1.54, 1.807) is 4.31 Å². The fourth-order valence-electron chi connectivity index (χ4n) is 2.80. The molecule has 0 spiro atoms. The van der Waals surface area contributed by atoms with Gasteiger partial charge in [0.05, 0.1) is 5.75 Å². The van der Waals surface area contributed by atoms with Gasteiger partial charge in [0.25, 0.3) is 0 Å². The van der Waals surface area contributed by atoms with Crippen LogP contribution in [0.1, 0.15) is 38.2 Å². The second-order valence-electron chi connectivity index (χ2n) is 5.22. The number of rotatable bonds is 6. The molecule has 1 saturated heterocycles. The molecule has 1 aliphatic heterocycles. The van der Waals surface area contributed by atoms with Gasteiger partial charge in [-0.25, -0.2) is 8.42 Å². The van der Waals surface area contributed by atoms with Gasteiger partial charge in [-0.3, -0.25) is 0 Å². The molecule has 3 nitrogen and oxygen atoms in total. The van der Waals surface area contributed by atoms with Crippen molar-refractivity contribution in [2.24, 2.45) is 0 Å². The highest BCUT2D eigenvalue weighted by Gasteiger charge is 2.32. The Labute approximate surface area is 116 Å². The first kappa shape index (κ1) is 14.5. The zero-order valence-electron chi connectivity index (χ0n) is 11.6. The van der Waals surface area contributed by atoms with E-state index in [1.807, 2.05) is 18.2 Å². The monoisotopic (exact) mass is 281 g/mol. The molecule has 0 aromatic heterocycles. The van der Waals surface area contributed by atoms with E-state index in [0.29, 0.717) is 13.0 Å². The van der Waals surface area contributed by atoms with Crippen molar-refractivity contribution < 1.29 is 8.42 Å². The van der Waals surface area contributed by atoms with Crippen LogP contribution in [-0.4, -0.2) is 31.1 Å². The SMILES string of the molecule is CCC1CCCN1S(=O)(=O)CCCc1ccccc1. The van der Waals surface area contributed by atoms with Crippen LogP contribution in [0, 0.1) is 0 Å². The van der Waals surface area contributed by atoms with Gasteiger partial charge < -0.3 is 0 Å². The lowest BCUT2D eigenvalue weighted by atomic mass is 10.1. The fourth-order valence-corrected chi connectivity index (χ4v) is 4.66. The number of aryl methyl sites for hydroxylation is 1. The Balaban J connectivity index is 1.88. The van der Waals surface area contributed by atoms with Gasteiger partial charge in [0.1, 0.15) is 0 Å². The van der Waals surface area contributed by atoms with Crippen LogP contribution in [-0.2, 0) is 16.4 Å². The van der Waals surface area contributed by atoms with E-state index >= 15 is 0 Å². The predicted molar refractivity (Wildman–Crippen MR) is 78.6 cm³/mol. The van der Waals surface area contributed by atoms with E-state index in [1.165, 1.54) is 5.56 Å². The maximum Gasteiger partial charge on any atom is 0.214 e. The Hall–Kier alpha value is -0.870. The minimum Gasteiger partial charge on any atom is -0.212 e. The minimum absolute atomic E-state index is 0.238. The van der Waals surface area contributed by atoms with Crippen LogP contribution in [0.15, 0.2) is 30.3 Å². The van der Waals surface area contributed by atoms with Crippen LogP contribution in [0.4, 0.5) is 0 Å². The quantitative estimate of drug-likeness (QED) is 0.804. The van der Waals surface area contributed by atoms with Crippen molar-refractivity contribution in [3.63, 3.8) is 0 Å². The summed E-state index contributed by atoms with van der Waals surface area (Å²) in [5.74, 6) is 0.276.